The Morgan fingerprint density at radius 3 is 1.86 bits per heavy atom. The molecule has 266 valence electrons. The standard InChI is InChI=1S/C35H47N11O4/c1-25(2)42-15-17-43(18-16-42)31(47)27-7-11-29(12-8-27)38-34(48)37-28-9-5-26(6-10-28)30-39-32(41-33(40-30)45-21-23-50-24-22-45)44-13-4-14-46(20-19-44)35(49)36-3/h5-12,25H,4,13-24H2,1-3H3,(H,36,49)(H2,37,38,48). The number of nitrogens with zero attached hydrogens (tertiary/aromatic N) is 8. The molecule has 15 nitrogen and oxygen atoms in total. The molecule has 3 aliphatic rings. The van der Waals surface area contributed by atoms with Crippen molar-refractivity contribution in [1.82, 2.24) is 35.0 Å². The summed E-state index contributed by atoms with van der Waals surface area (Å²) in [5, 5.41) is 8.43. The Kier molecular flexibility index (Phi) is 11.2. The number of rotatable bonds is 7. The Balaban J connectivity index is 1.09. The fraction of sp³-hybridized carbons (Fsp3) is 0.486. The molecule has 3 fully saturated rings. The average molecular weight is 686 g/mol. The van der Waals surface area contributed by atoms with E-state index in [1.807, 2.05) is 17.0 Å². The Hall–Kier alpha value is -5.02. The van der Waals surface area contributed by atoms with Gasteiger partial charge in [-0.3, -0.25) is 9.69 Å². The summed E-state index contributed by atoms with van der Waals surface area (Å²) in [4.78, 5) is 62.9. The first-order valence-corrected chi connectivity index (χ1v) is 17.4. The van der Waals surface area contributed by atoms with E-state index in [2.05, 4.69) is 44.5 Å². The van der Waals surface area contributed by atoms with Gasteiger partial charge in [-0.2, -0.15) is 15.0 Å². The number of amides is 5. The van der Waals surface area contributed by atoms with Crippen LogP contribution in [0.25, 0.3) is 11.4 Å². The third-order valence-electron chi connectivity index (χ3n) is 9.31. The number of anilines is 4. The average Bonchev–Trinajstić information content (AvgIpc) is 3.42. The summed E-state index contributed by atoms with van der Waals surface area (Å²) in [5.74, 6) is 1.68. The molecule has 0 saturated carbocycles. The van der Waals surface area contributed by atoms with Gasteiger partial charge in [0.25, 0.3) is 5.91 Å². The number of morpholine rings is 1. The number of aromatic nitrogens is 3. The first-order valence-electron chi connectivity index (χ1n) is 17.4. The zero-order chi connectivity index (χ0) is 35.0. The Morgan fingerprint density at radius 2 is 1.26 bits per heavy atom. The van der Waals surface area contributed by atoms with Gasteiger partial charge < -0.3 is 40.3 Å². The van der Waals surface area contributed by atoms with E-state index in [1.165, 1.54) is 0 Å². The number of ether oxygens (including phenoxy) is 1. The number of hydrogen-bond acceptors (Lipinski definition) is 10. The molecule has 15 heteroatoms. The van der Waals surface area contributed by atoms with E-state index in [0.717, 1.165) is 25.1 Å². The Labute approximate surface area is 293 Å². The van der Waals surface area contributed by atoms with Crippen molar-refractivity contribution < 1.29 is 19.1 Å². The quantitative estimate of drug-likeness (QED) is 0.339. The number of benzene rings is 2. The fourth-order valence-corrected chi connectivity index (χ4v) is 6.32. The summed E-state index contributed by atoms with van der Waals surface area (Å²) in [6.45, 7) is 12.6. The SMILES string of the molecule is CNC(=O)N1CCCN(c2nc(-c3ccc(NC(=O)Nc4ccc(C(=O)N5CCN(C(C)C)CC5)cc4)cc3)nc(N3CCOCC3)n2)CC1. The predicted molar refractivity (Wildman–Crippen MR) is 193 cm³/mol. The summed E-state index contributed by atoms with van der Waals surface area (Å²) >= 11 is 0. The zero-order valence-corrected chi connectivity index (χ0v) is 29.1. The minimum absolute atomic E-state index is 0.00551. The van der Waals surface area contributed by atoms with Crippen molar-refractivity contribution in [2.24, 2.45) is 0 Å². The summed E-state index contributed by atoms with van der Waals surface area (Å²) in [6, 6.07) is 14.3. The molecule has 50 heavy (non-hydrogen) atoms. The molecule has 5 amide bonds. The highest BCUT2D eigenvalue weighted by atomic mass is 16.5. The molecular weight excluding hydrogens is 638 g/mol. The number of carbonyl (C=O) groups is 3. The molecule has 0 radical (unpaired) electrons. The monoisotopic (exact) mass is 685 g/mol. The van der Waals surface area contributed by atoms with Crippen molar-refractivity contribution in [2.45, 2.75) is 26.3 Å². The Morgan fingerprint density at radius 1 is 0.680 bits per heavy atom. The van der Waals surface area contributed by atoms with Gasteiger partial charge in [-0.25, -0.2) is 9.59 Å². The number of urea groups is 2. The topological polar surface area (TPSA) is 151 Å². The molecule has 3 aliphatic heterocycles. The van der Waals surface area contributed by atoms with Gasteiger partial charge in [-0.1, -0.05) is 0 Å². The summed E-state index contributed by atoms with van der Waals surface area (Å²) in [6.07, 6.45) is 0.794. The zero-order valence-electron chi connectivity index (χ0n) is 29.1. The maximum absolute atomic E-state index is 13.0. The normalized spacial score (nSPS) is 17.4. The van der Waals surface area contributed by atoms with Gasteiger partial charge in [0.1, 0.15) is 0 Å². The van der Waals surface area contributed by atoms with Crippen LogP contribution in [-0.2, 0) is 4.74 Å². The van der Waals surface area contributed by atoms with E-state index in [0.29, 0.717) is 106 Å². The first-order chi connectivity index (χ1) is 24.3. The molecule has 3 saturated heterocycles. The van der Waals surface area contributed by atoms with Crippen LogP contribution in [0.1, 0.15) is 30.6 Å². The van der Waals surface area contributed by atoms with Crippen LogP contribution in [0.2, 0.25) is 0 Å². The van der Waals surface area contributed by atoms with Gasteiger partial charge in [-0.15, -0.1) is 0 Å². The van der Waals surface area contributed by atoms with E-state index in [1.54, 1.807) is 48.3 Å². The van der Waals surface area contributed by atoms with Gasteiger partial charge >= 0.3 is 12.1 Å². The minimum Gasteiger partial charge on any atom is -0.378 e. The molecule has 1 aromatic heterocycles. The maximum Gasteiger partial charge on any atom is 0.323 e. The van der Waals surface area contributed by atoms with E-state index in [4.69, 9.17) is 19.7 Å². The summed E-state index contributed by atoms with van der Waals surface area (Å²) in [5.41, 5.74) is 2.56. The van der Waals surface area contributed by atoms with E-state index in [-0.39, 0.29) is 11.9 Å². The lowest BCUT2D eigenvalue weighted by Gasteiger charge is -2.37. The highest BCUT2D eigenvalue weighted by Gasteiger charge is 2.25. The van der Waals surface area contributed by atoms with Crippen LogP contribution in [-0.4, -0.2) is 139 Å². The molecule has 0 spiro atoms. The highest BCUT2D eigenvalue weighted by Crippen LogP contribution is 2.25. The summed E-state index contributed by atoms with van der Waals surface area (Å²) in [7, 11) is 1.64. The molecular formula is C35H47N11O4. The minimum atomic E-state index is -0.398. The van der Waals surface area contributed by atoms with Crippen LogP contribution < -0.4 is 25.8 Å². The number of hydrogen-bond donors (Lipinski definition) is 3. The molecule has 3 aromatic rings. The predicted octanol–water partition coefficient (Wildman–Crippen LogP) is 3.04. The van der Waals surface area contributed by atoms with Gasteiger partial charge in [0.2, 0.25) is 11.9 Å². The van der Waals surface area contributed by atoms with Crippen LogP contribution >= 0.6 is 0 Å². The third-order valence-corrected chi connectivity index (χ3v) is 9.31. The fourth-order valence-electron chi connectivity index (χ4n) is 6.32. The largest absolute Gasteiger partial charge is 0.378 e. The number of piperazine rings is 1. The second kappa shape index (κ2) is 16.1. The molecule has 0 bridgehead atoms. The number of nitrogens with one attached hydrogen (secondary N) is 3. The molecule has 0 atom stereocenters. The second-order valence-corrected chi connectivity index (χ2v) is 12.9. The maximum atomic E-state index is 13.0. The molecule has 6 rings (SSSR count). The van der Waals surface area contributed by atoms with Crippen LogP contribution in [0.5, 0.6) is 0 Å². The third kappa shape index (κ3) is 8.58. The smallest absolute Gasteiger partial charge is 0.323 e. The molecule has 2 aromatic carbocycles. The van der Waals surface area contributed by atoms with Gasteiger partial charge in [-0.05, 0) is 68.8 Å². The molecule has 0 unspecified atom stereocenters. The van der Waals surface area contributed by atoms with Crippen LogP contribution in [0.3, 0.4) is 0 Å². The molecule has 0 aliphatic carbocycles. The van der Waals surface area contributed by atoms with Gasteiger partial charge in [0, 0.05) is 101 Å². The molecule has 4 heterocycles. The van der Waals surface area contributed by atoms with E-state index < -0.39 is 6.03 Å². The van der Waals surface area contributed by atoms with Gasteiger partial charge in [0.05, 0.1) is 13.2 Å². The van der Waals surface area contributed by atoms with Crippen molar-refractivity contribution >= 4 is 41.2 Å². The lowest BCUT2D eigenvalue weighted by atomic mass is 10.1. The summed E-state index contributed by atoms with van der Waals surface area (Å²) < 4.78 is 5.55. The van der Waals surface area contributed by atoms with Crippen LogP contribution in [0, 0.1) is 0 Å². The molecule has 3 N–H and O–H groups in total. The van der Waals surface area contributed by atoms with Crippen molar-refractivity contribution in [2.75, 3.05) is 106 Å². The first kappa shape index (κ1) is 34.8. The van der Waals surface area contributed by atoms with Gasteiger partial charge in [0.15, 0.2) is 5.82 Å². The van der Waals surface area contributed by atoms with Crippen LogP contribution in [0.4, 0.5) is 32.9 Å². The number of carbonyl (C=O) groups excluding carboxylic acids is 3. The van der Waals surface area contributed by atoms with Crippen molar-refractivity contribution in [3.8, 4) is 11.4 Å². The second-order valence-electron chi connectivity index (χ2n) is 12.9. The lowest BCUT2D eigenvalue weighted by molar-refractivity contribution is 0.0595. The van der Waals surface area contributed by atoms with Crippen molar-refractivity contribution in [3.05, 3.63) is 54.1 Å². The lowest BCUT2D eigenvalue weighted by Crippen LogP contribution is -2.50. The van der Waals surface area contributed by atoms with E-state index >= 15 is 0 Å². The highest BCUT2D eigenvalue weighted by molar-refractivity contribution is 6.00. The van der Waals surface area contributed by atoms with Crippen molar-refractivity contribution in [3.63, 3.8) is 0 Å². The van der Waals surface area contributed by atoms with Crippen LogP contribution in [0.15, 0.2) is 48.5 Å². The van der Waals surface area contributed by atoms with Crippen molar-refractivity contribution in [1.29, 1.82) is 0 Å². The van der Waals surface area contributed by atoms with E-state index in [9.17, 15) is 14.4 Å². The Bertz CT molecular complexity index is 1620.